The van der Waals surface area contributed by atoms with Gasteiger partial charge in [-0.1, -0.05) is 12.2 Å². The largest absolute Gasteiger partial charge is 0.498 e. The van der Waals surface area contributed by atoms with E-state index in [0.29, 0.717) is 0 Å². The lowest BCUT2D eigenvalue weighted by molar-refractivity contribution is 0.191. The molecule has 0 bridgehead atoms. The second-order valence-corrected chi connectivity index (χ2v) is 2.53. The smallest absolute Gasteiger partial charge is 0.0960 e. The zero-order valence-electron chi connectivity index (χ0n) is 6.68. The Bertz CT molecular complexity index is 166. The Morgan fingerprint density at radius 1 is 1.50 bits per heavy atom. The summed E-state index contributed by atoms with van der Waals surface area (Å²) in [5.41, 5.74) is 1.36. The molecule has 0 N–H and O–H groups in total. The Kier molecular flexibility index (Phi) is 2.55. The first kappa shape index (κ1) is 7.39. The summed E-state index contributed by atoms with van der Waals surface area (Å²) in [6.07, 6.45) is 6.54. The van der Waals surface area contributed by atoms with Crippen molar-refractivity contribution in [1.29, 1.82) is 0 Å². The fourth-order valence-electron chi connectivity index (χ4n) is 1.16. The molecule has 1 heterocycles. The monoisotopic (exact) mass is 138 g/mol. The van der Waals surface area contributed by atoms with E-state index in [1.54, 1.807) is 0 Å². The molecular formula is C9H14O. The predicted molar refractivity (Wildman–Crippen MR) is 42.7 cm³/mol. The molecule has 1 heteroatoms. The van der Waals surface area contributed by atoms with Crippen molar-refractivity contribution in [3.05, 3.63) is 23.5 Å². The molecule has 0 aromatic rings. The molecule has 1 aliphatic heterocycles. The third-order valence-electron chi connectivity index (χ3n) is 1.73. The van der Waals surface area contributed by atoms with Gasteiger partial charge in [0.25, 0.3) is 0 Å². The van der Waals surface area contributed by atoms with E-state index in [4.69, 9.17) is 4.74 Å². The summed E-state index contributed by atoms with van der Waals surface area (Å²) in [4.78, 5) is 0. The number of hydrogen-bond acceptors (Lipinski definition) is 1. The van der Waals surface area contributed by atoms with Crippen LogP contribution in [0, 0.1) is 0 Å². The lowest BCUT2D eigenvalue weighted by Gasteiger charge is -2.15. The van der Waals surface area contributed by atoms with Crippen LogP contribution in [0.1, 0.15) is 26.7 Å². The normalized spacial score (nSPS) is 19.8. The van der Waals surface area contributed by atoms with Crippen molar-refractivity contribution in [2.24, 2.45) is 0 Å². The van der Waals surface area contributed by atoms with E-state index in [0.717, 1.165) is 18.8 Å². The average molecular weight is 138 g/mol. The number of allylic oxidation sites excluding steroid dienone is 4. The molecular weight excluding hydrogens is 124 g/mol. The minimum Gasteiger partial charge on any atom is -0.498 e. The van der Waals surface area contributed by atoms with E-state index in [1.165, 1.54) is 12.0 Å². The quantitative estimate of drug-likeness (QED) is 0.541. The van der Waals surface area contributed by atoms with Crippen LogP contribution in [0.2, 0.25) is 0 Å². The van der Waals surface area contributed by atoms with Gasteiger partial charge in [0.2, 0.25) is 0 Å². The van der Waals surface area contributed by atoms with Crippen molar-refractivity contribution >= 4 is 0 Å². The lowest BCUT2D eigenvalue weighted by Crippen LogP contribution is -2.02. The van der Waals surface area contributed by atoms with Gasteiger partial charge >= 0.3 is 0 Å². The summed E-state index contributed by atoms with van der Waals surface area (Å²) in [7, 11) is 0. The molecule has 1 nitrogen and oxygen atoms in total. The molecule has 1 rings (SSSR count). The maximum Gasteiger partial charge on any atom is 0.0960 e. The summed E-state index contributed by atoms with van der Waals surface area (Å²) in [5.74, 6) is 1.10. The summed E-state index contributed by atoms with van der Waals surface area (Å²) in [6.45, 7) is 4.97. The first-order valence-corrected chi connectivity index (χ1v) is 3.80. The molecule has 0 amide bonds. The Hall–Kier alpha value is -0.720. The number of rotatable bonds is 1. The third kappa shape index (κ3) is 1.63. The van der Waals surface area contributed by atoms with Crippen molar-refractivity contribution in [1.82, 2.24) is 0 Å². The van der Waals surface area contributed by atoms with Crippen molar-refractivity contribution < 1.29 is 4.74 Å². The average Bonchev–Trinajstić information content (AvgIpc) is 1.94. The van der Waals surface area contributed by atoms with Gasteiger partial charge in [0, 0.05) is 0 Å². The van der Waals surface area contributed by atoms with Crippen LogP contribution in [0.4, 0.5) is 0 Å². The molecule has 0 aliphatic carbocycles. The van der Waals surface area contributed by atoms with Crippen LogP contribution < -0.4 is 0 Å². The molecule has 10 heavy (non-hydrogen) atoms. The molecule has 0 spiro atoms. The van der Waals surface area contributed by atoms with Crippen molar-refractivity contribution in [2.75, 3.05) is 6.61 Å². The van der Waals surface area contributed by atoms with Crippen LogP contribution in [0.25, 0.3) is 0 Å². The lowest BCUT2D eigenvalue weighted by atomic mass is 10.1. The van der Waals surface area contributed by atoms with Crippen molar-refractivity contribution in [3.63, 3.8) is 0 Å². The molecule has 0 aromatic heterocycles. The SMILES string of the molecule is C/C=C\C1=C(C)OCCC1. The molecule has 0 radical (unpaired) electrons. The van der Waals surface area contributed by atoms with Gasteiger partial charge < -0.3 is 4.74 Å². The van der Waals surface area contributed by atoms with Crippen LogP contribution in [0.15, 0.2) is 23.5 Å². The molecule has 0 fully saturated rings. The minimum atomic E-state index is 0.896. The standard InChI is InChI=1S/C9H14O/c1-3-5-9-6-4-7-10-8(9)2/h3,5H,4,6-7H2,1-2H3/b5-3-. The summed E-state index contributed by atoms with van der Waals surface area (Å²) in [5, 5.41) is 0. The number of ether oxygens (including phenoxy) is 1. The first-order valence-electron chi connectivity index (χ1n) is 3.80. The van der Waals surface area contributed by atoms with E-state index in [1.807, 2.05) is 13.8 Å². The Labute approximate surface area is 62.4 Å². The second-order valence-electron chi connectivity index (χ2n) is 2.53. The maximum atomic E-state index is 5.37. The van der Waals surface area contributed by atoms with Crippen LogP contribution in [-0.2, 0) is 4.74 Å². The Morgan fingerprint density at radius 2 is 2.30 bits per heavy atom. The van der Waals surface area contributed by atoms with Gasteiger partial charge in [-0.2, -0.15) is 0 Å². The van der Waals surface area contributed by atoms with Gasteiger partial charge in [-0.15, -0.1) is 0 Å². The molecule has 0 saturated carbocycles. The fraction of sp³-hybridized carbons (Fsp3) is 0.556. The van der Waals surface area contributed by atoms with Gasteiger partial charge in [0.05, 0.1) is 12.4 Å². The van der Waals surface area contributed by atoms with Gasteiger partial charge in [-0.25, -0.2) is 0 Å². The number of hydrogen-bond donors (Lipinski definition) is 0. The van der Waals surface area contributed by atoms with Crippen LogP contribution in [0.3, 0.4) is 0 Å². The van der Waals surface area contributed by atoms with Gasteiger partial charge in [-0.3, -0.25) is 0 Å². The zero-order chi connectivity index (χ0) is 7.40. The molecule has 0 unspecified atom stereocenters. The summed E-state index contributed by atoms with van der Waals surface area (Å²) < 4.78 is 5.37. The van der Waals surface area contributed by atoms with E-state index in [-0.39, 0.29) is 0 Å². The molecule has 1 aliphatic rings. The first-order chi connectivity index (χ1) is 4.84. The van der Waals surface area contributed by atoms with Gasteiger partial charge in [-0.05, 0) is 32.3 Å². The van der Waals surface area contributed by atoms with Gasteiger partial charge in [0.15, 0.2) is 0 Å². The van der Waals surface area contributed by atoms with E-state index in [9.17, 15) is 0 Å². The highest BCUT2D eigenvalue weighted by Crippen LogP contribution is 2.19. The molecule has 0 saturated heterocycles. The third-order valence-corrected chi connectivity index (χ3v) is 1.73. The highest BCUT2D eigenvalue weighted by Gasteiger charge is 2.05. The predicted octanol–water partition coefficient (Wildman–Crippen LogP) is 2.65. The van der Waals surface area contributed by atoms with Crippen molar-refractivity contribution in [3.8, 4) is 0 Å². The van der Waals surface area contributed by atoms with Crippen molar-refractivity contribution in [2.45, 2.75) is 26.7 Å². The highest BCUT2D eigenvalue weighted by molar-refractivity contribution is 5.22. The minimum absolute atomic E-state index is 0.896. The maximum absolute atomic E-state index is 5.37. The van der Waals surface area contributed by atoms with E-state index < -0.39 is 0 Å². The molecule has 0 aromatic carbocycles. The molecule has 56 valence electrons. The van der Waals surface area contributed by atoms with Gasteiger partial charge in [0.1, 0.15) is 0 Å². The fourth-order valence-corrected chi connectivity index (χ4v) is 1.16. The van der Waals surface area contributed by atoms with Crippen LogP contribution in [-0.4, -0.2) is 6.61 Å². The molecule has 0 atom stereocenters. The Balaban J connectivity index is 2.68. The summed E-state index contributed by atoms with van der Waals surface area (Å²) >= 11 is 0. The van der Waals surface area contributed by atoms with E-state index in [2.05, 4.69) is 12.2 Å². The summed E-state index contributed by atoms with van der Waals surface area (Å²) in [6, 6.07) is 0. The highest BCUT2D eigenvalue weighted by atomic mass is 16.5. The van der Waals surface area contributed by atoms with E-state index >= 15 is 0 Å². The second kappa shape index (κ2) is 3.45. The Morgan fingerprint density at radius 3 is 2.90 bits per heavy atom. The van der Waals surface area contributed by atoms with Crippen LogP contribution >= 0.6 is 0 Å². The topological polar surface area (TPSA) is 9.23 Å². The van der Waals surface area contributed by atoms with Crippen LogP contribution in [0.5, 0.6) is 0 Å². The zero-order valence-corrected chi connectivity index (χ0v) is 6.68.